The maximum atomic E-state index is 9.75. The molecular formula is C6H13NO4. The molecule has 0 saturated heterocycles. The van der Waals surface area contributed by atoms with Crippen LogP contribution in [-0.4, -0.2) is 44.6 Å². The zero-order valence-electron chi connectivity index (χ0n) is 6.50. The second-order valence-electron chi connectivity index (χ2n) is 2.28. The van der Waals surface area contributed by atoms with Gasteiger partial charge in [0.05, 0.1) is 26.8 Å². The minimum absolute atomic E-state index is 0.0944. The highest BCUT2D eigenvalue weighted by atomic mass is 16.7. The lowest BCUT2D eigenvalue weighted by Crippen LogP contribution is -3.10. The van der Waals surface area contributed by atoms with Crippen molar-refractivity contribution >= 4 is 6.16 Å². The van der Waals surface area contributed by atoms with Crippen molar-refractivity contribution in [2.75, 3.05) is 33.4 Å². The Labute approximate surface area is 65.2 Å². The van der Waals surface area contributed by atoms with E-state index >= 15 is 0 Å². The van der Waals surface area contributed by atoms with Crippen LogP contribution in [0.4, 0.5) is 4.79 Å². The minimum Gasteiger partial charge on any atom is -0.544 e. The van der Waals surface area contributed by atoms with Gasteiger partial charge in [0.1, 0.15) is 6.54 Å². The van der Waals surface area contributed by atoms with Crippen LogP contribution in [0.25, 0.3) is 0 Å². The molecule has 5 nitrogen and oxygen atoms in total. The van der Waals surface area contributed by atoms with E-state index in [-0.39, 0.29) is 13.2 Å². The van der Waals surface area contributed by atoms with E-state index in [1.54, 1.807) is 0 Å². The number of aliphatic hydroxyl groups is 1. The maximum Gasteiger partial charge on any atom is 0.252 e. The van der Waals surface area contributed by atoms with E-state index in [1.807, 2.05) is 7.05 Å². The van der Waals surface area contributed by atoms with Crippen LogP contribution >= 0.6 is 0 Å². The van der Waals surface area contributed by atoms with Gasteiger partial charge < -0.3 is 24.6 Å². The lowest BCUT2D eigenvalue weighted by Gasteiger charge is -2.14. The molecule has 0 aliphatic heterocycles. The number of carboxylic acid groups (broad SMARTS) is 1. The minimum atomic E-state index is -1.50. The number of carbonyl (C=O) groups is 1. The molecule has 0 heterocycles. The van der Waals surface area contributed by atoms with Gasteiger partial charge >= 0.3 is 0 Å². The van der Waals surface area contributed by atoms with E-state index in [0.29, 0.717) is 13.1 Å². The first-order valence-corrected chi connectivity index (χ1v) is 3.42. The predicted molar refractivity (Wildman–Crippen MR) is 35.1 cm³/mol. The van der Waals surface area contributed by atoms with E-state index < -0.39 is 6.16 Å². The topological polar surface area (TPSA) is 74.0 Å². The molecule has 0 bridgehead atoms. The summed E-state index contributed by atoms with van der Waals surface area (Å²) in [4.78, 5) is 10.8. The monoisotopic (exact) mass is 163 g/mol. The molecule has 0 saturated carbocycles. The van der Waals surface area contributed by atoms with Gasteiger partial charge in [-0.05, 0) is 0 Å². The Bertz CT molecular complexity index is 117. The summed E-state index contributed by atoms with van der Waals surface area (Å²) >= 11 is 0. The summed E-state index contributed by atoms with van der Waals surface area (Å²) in [6, 6.07) is 0. The fourth-order valence-corrected chi connectivity index (χ4v) is 0.624. The van der Waals surface area contributed by atoms with Crippen molar-refractivity contribution in [2.45, 2.75) is 0 Å². The second kappa shape index (κ2) is 5.94. The largest absolute Gasteiger partial charge is 0.544 e. The summed E-state index contributed by atoms with van der Waals surface area (Å²) in [5.74, 6) is 0. The molecule has 0 radical (unpaired) electrons. The molecule has 2 N–H and O–H groups in total. The van der Waals surface area contributed by atoms with Gasteiger partial charge in [-0.1, -0.05) is 0 Å². The molecule has 11 heavy (non-hydrogen) atoms. The summed E-state index contributed by atoms with van der Waals surface area (Å²) in [6.07, 6.45) is -1.50. The van der Waals surface area contributed by atoms with E-state index in [0.717, 1.165) is 4.90 Å². The van der Waals surface area contributed by atoms with Crippen molar-refractivity contribution in [3.05, 3.63) is 0 Å². The number of aliphatic hydroxyl groups excluding tert-OH is 1. The Morgan fingerprint density at radius 3 is 2.73 bits per heavy atom. The zero-order chi connectivity index (χ0) is 8.69. The Balaban J connectivity index is 3.16. The standard InChI is InChI=1S/C6H13NO4/c1-7(2-4-8)3-5-11-6(9)10/h8H,2-5H2,1H3,(H,9,10). The van der Waals surface area contributed by atoms with Crippen molar-refractivity contribution < 1.29 is 24.6 Å². The van der Waals surface area contributed by atoms with E-state index in [2.05, 4.69) is 4.74 Å². The fourth-order valence-electron chi connectivity index (χ4n) is 0.624. The van der Waals surface area contributed by atoms with Gasteiger partial charge in [0, 0.05) is 0 Å². The number of ether oxygens (including phenoxy) is 1. The average molecular weight is 163 g/mol. The first kappa shape index (κ1) is 10.2. The number of carbonyl (C=O) groups excluding carboxylic acids is 1. The number of likely N-dealkylation sites (N-methyl/N-ethyl adjacent to an activating group) is 1. The van der Waals surface area contributed by atoms with Gasteiger partial charge in [-0.25, -0.2) is 0 Å². The van der Waals surface area contributed by atoms with Crippen LogP contribution in [0.15, 0.2) is 0 Å². The summed E-state index contributed by atoms with van der Waals surface area (Å²) in [7, 11) is 1.84. The van der Waals surface area contributed by atoms with Crippen LogP contribution in [0.5, 0.6) is 0 Å². The lowest BCUT2D eigenvalue weighted by atomic mass is 10.5. The van der Waals surface area contributed by atoms with Gasteiger partial charge in [-0.3, -0.25) is 0 Å². The number of hydrogen-bond acceptors (Lipinski definition) is 4. The second-order valence-corrected chi connectivity index (χ2v) is 2.28. The van der Waals surface area contributed by atoms with Crippen LogP contribution in [0.2, 0.25) is 0 Å². The number of nitrogens with one attached hydrogen (secondary N) is 1. The van der Waals surface area contributed by atoms with Crippen molar-refractivity contribution in [3.63, 3.8) is 0 Å². The number of quaternary nitrogens is 1. The van der Waals surface area contributed by atoms with Gasteiger partial charge in [-0.2, -0.15) is 0 Å². The normalized spacial score (nSPS) is 12.5. The predicted octanol–water partition coefficient (Wildman–Crippen LogP) is -3.15. The maximum absolute atomic E-state index is 9.75. The molecule has 0 aromatic carbocycles. The molecule has 0 fully saturated rings. The number of rotatable bonds is 5. The van der Waals surface area contributed by atoms with Gasteiger partial charge in [0.25, 0.3) is 6.16 Å². The summed E-state index contributed by atoms with van der Waals surface area (Å²) < 4.78 is 4.16. The summed E-state index contributed by atoms with van der Waals surface area (Å²) in [6.45, 7) is 1.36. The van der Waals surface area contributed by atoms with Crippen LogP contribution in [0.1, 0.15) is 0 Å². The van der Waals surface area contributed by atoms with E-state index in [4.69, 9.17) is 5.11 Å². The summed E-state index contributed by atoms with van der Waals surface area (Å²) in [5.41, 5.74) is 0. The molecule has 0 spiro atoms. The SMILES string of the molecule is C[NH+](CCO)CCOC(=O)[O-]. The fraction of sp³-hybridized carbons (Fsp3) is 0.833. The average Bonchev–Trinajstić information content (AvgIpc) is 1.87. The molecule has 0 rings (SSSR count). The van der Waals surface area contributed by atoms with Crippen LogP contribution in [0.3, 0.4) is 0 Å². The highest BCUT2D eigenvalue weighted by Gasteiger charge is 1.97. The third kappa shape index (κ3) is 7.08. The Kier molecular flexibility index (Phi) is 5.50. The van der Waals surface area contributed by atoms with Crippen molar-refractivity contribution in [1.82, 2.24) is 0 Å². The van der Waals surface area contributed by atoms with Gasteiger partial charge in [0.2, 0.25) is 0 Å². The molecule has 0 aromatic rings. The summed E-state index contributed by atoms with van der Waals surface area (Å²) in [5, 5.41) is 18.2. The smallest absolute Gasteiger partial charge is 0.252 e. The van der Waals surface area contributed by atoms with Crippen LogP contribution in [0, 0.1) is 0 Å². The van der Waals surface area contributed by atoms with Crippen molar-refractivity contribution in [3.8, 4) is 0 Å². The van der Waals surface area contributed by atoms with Gasteiger partial charge in [-0.15, -0.1) is 0 Å². The van der Waals surface area contributed by atoms with Crippen molar-refractivity contribution in [2.24, 2.45) is 0 Å². The quantitative estimate of drug-likeness (QED) is 0.420. The first-order chi connectivity index (χ1) is 5.16. The molecule has 5 heteroatoms. The Morgan fingerprint density at radius 2 is 2.27 bits per heavy atom. The lowest BCUT2D eigenvalue weighted by molar-refractivity contribution is -0.880. The first-order valence-electron chi connectivity index (χ1n) is 3.42. The molecule has 0 amide bonds. The Hall–Kier alpha value is -0.810. The molecule has 66 valence electrons. The molecule has 0 aromatic heterocycles. The van der Waals surface area contributed by atoms with Gasteiger partial charge in [0.15, 0.2) is 0 Å². The molecule has 0 aliphatic rings. The highest BCUT2D eigenvalue weighted by molar-refractivity contribution is 5.53. The van der Waals surface area contributed by atoms with E-state index in [9.17, 15) is 9.90 Å². The van der Waals surface area contributed by atoms with E-state index in [1.165, 1.54) is 0 Å². The Morgan fingerprint density at radius 1 is 1.64 bits per heavy atom. The molecule has 1 atom stereocenters. The third-order valence-electron chi connectivity index (χ3n) is 1.29. The third-order valence-corrected chi connectivity index (χ3v) is 1.29. The number of hydrogen-bond donors (Lipinski definition) is 2. The molecule has 0 aliphatic carbocycles. The van der Waals surface area contributed by atoms with Crippen molar-refractivity contribution in [1.29, 1.82) is 0 Å². The molecule has 1 unspecified atom stereocenters. The zero-order valence-corrected chi connectivity index (χ0v) is 6.50. The highest BCUT2D eigenvalue weighted by Crippen LogP contribution is 1.66. The molecular weight excluding hydrogens is 150 g/mol. The van der Waals surface area contributed by atoms with Crippen LogP contribution < -0.4 is 10.0 Å². The van der Waals surface area contributed by atoms with Crippen LogP contribution in [-0.2, 0) is 4.74 Å².